The van der Waals surface area contributed by atoms with Crippen molar-refractivity contribution in [1.82, 2.24) is 0 Å². The lowest BCUT2D eigenvalue weighted by Crippen LogP contribution is -1.96. The fourth-order valence-corrected chi connectivity index (χ4v) is 3.18. The largest absolute Gasteiger partial charge is 0.493 e. The summed E-state index contributed by atoms with van der Waals surface area (Å²) in [6.45, 7) is 2.27. The molecule has 0 N–H and O–H groups in total. The molecule has 0 spiro atoms. The summed E-state index contributed by atoms with van der Waals surface area (Å²) in [7, 11) is 3.42. The zero-order valence-corrected chi connectivity index (χ0v) is 16.7. The number of rotatable bonds is 15. The number of methoxy groups -OCH3 is 2. The molecule has 0 saturated heterocycles. The maximum atomic E-state index is 5.50. The van der Waals surface area contributed by atoms with Crippen molar-refractivity contribution >= 4 is 0 Å². The summed E-state index contributed by atoms with van der Waals surface area (Å²) >= 11 is 0. The summed E-state index contributed by atoms with van der Waals surface area (Å²) in [6.07, 6.45) is 20.3. The molecule has 25 heavy (non-hydrogen) atoms. The Hall–Kier alpha value is -1.44. The smallest absolute Gasteiger partial charge is 0.163 e. The fraction of sp³-hybridized carbons (Fsp3) is 0.652. The van der Waals surface area contributed by atoms with E-state index in [9.17, 15) is 0 Å². The van der Waals surface area contributed by atoms with E-state index in [2.05, 4.69) is 25.1 Å². The van der Waals surface area contributed by atoms with Gasteiger partial charge in [-0.15, -0.1) is 0 Å². The standard InChI is InChI=1S/C23H38O2/c1-4-5-6-7-8-9-10-11-12-13-14-15-16-18-21-19-17-20-22(24-2)23(21)25-3/h9-10,17,19-20H,4-8,11-16,18H2,1-3H3. The summed E-state index contributed by atoms with van der Waals surface area (Å²) in [5.41, 5.74) is 1.26. The molecule has 1 aromatic carbocycles. The number of unbranched alkanes of at least 4 members (excludes halogenated alkanes) is 9. The van der Waals surface area contributed by atoms with E-state index in [0.717, 1.165) is 17.9 Å². The number of hydrogen-bond donors (Lipinski definition) is 0. The highest BCUT2D eigenvalue weighted by Gasteiger charge is 2.08. The van der Waals surface area contributed by atoms with Crippen LogP contribution in [0.1, 0.15) is 83.1 Å². The van der Waals surface area contributed by atoms with Crippen molar-refractivity contribution in [2.45, 2.75) is 84.0 Å². The van der Waals surface area contributed by atoms with Crippen molar-refractivity contribution in [3.05, 3.63) is 35.9 Å². The SMILES string of the molecule is CCCCCCC=CCCCCCCCc1cccc(OC)c1OC. The van der Waals surface area contributed by atoms with Crippen LogP contribution in [0.5, 0.6) is 11.5 Å². The molecule has 0 atom stereocenters. The van der Waals surface area contributed by atoms with Crippen LogP contribution in [0, 0.1) is 0 Å². The lowest BCUT2D eigenvalue weighted by molar-refractivity contribution is 0.351. The van der Waals surface area contributed by atoms with Gasteiger partial charge in [0.15, 0.2) is 11.5 Å². The number of allylic oxidation sites excluding steroid dienone is 2. The molecule has 0 aliphatic heterocycles. The second kappa shape index (κ2) is 14.9. The molecule has 0 unspecified atom stereocenters. The molecule has 0 aliphatic rings. The van der Waals surface area contributed by atoms with Gasteiger partial charge in [0.1, 0.15) is 0 Å². The quantitative estimate of drug-likeness (QED) is 0.249. The highest BCUT2D eigenvalue weighted by molar-refractivity contribution is 5.46. The fourth-order valence-electron chi connectivity index (χ4n) is 3.18. The van der Waals surface area contributed by atoms with Crippen molar-refractivity contribution in [2.75, 3.05) is 14.2 Å². The number of ether oxygens (including phenoxy) is 2. The number of benzene rings is 1. The first-order chi connectivity index (χ1) is 12.3. The topological polar surface area (TPSA) is 18.5 Å². The molecule has 0 bridgehead atoms. The van der Waals surface area contributed by atoms with Gasteiger partial charge >= 0.3 is 0 Å². The Kier molecular flexibility index (Phi) is 12.8. The summed E-state index contributed by atoms with van der Waals surface area (Å²) in [5.74, 6) is 1.73. The molecule has 1 aromatic rings. The molecule has 0 saturated carbocycles. The summed E-state index contributed by atoms with van der Waals surface area (Å²) < 4.78 is 10.9. The van der Waals surface area contributed by atoms with E-state index in [1.54, 1.807) is 14.2 Å². The third-order valence-electron chi connectivity index (χ3n) is 4.69. The monoisotopic (exact) mass is 346 g/mol. The van der Waals surface area contributed by atoms with E-state index in [1.165, 1.54) is 76.2 Å². The molecular weight excluding hydrogens is 308 g/mol. The lowest BCUT2D eigenvalue weighted by atomic mass is 10.0. The predicted octanol–water partition coefficient (Wildman–Crippen LogP) is 7.11. The van der Waals surface area contributed by atoms with Crippen LogP contribution >= 0.6 is 0 Å². The normalized spacial score (nSPS) is 11.2. The van der Waals surface area contributed by atoms with Crippen molar-refractivity contribution in [3.63, 3.8) is 0 Å². The van der Waals surface area contributed by atoms with E-state index < -0.39 is 0 Å². The van der Waals surface area contributed by atoms with Crippen LogP contribution < -0.4 is 9.47 Å². The third-order valence-corrected chi connectivity index (χ3v) is 4.69. The Morgan fingerprint density at radius 1 is 0.760 bits per heavy atom. The molecule has 2 nitrogen and oxygen atoms in total. The van der Waals surface area contributed by atoms with Gasteiger partial charge in [0.05, 0.1) is 14.2 Å². The average Bonchev–Trinajstić information content (AvgIpc) is 2.65. The number of para-hydroxylation sites is 1. The van der Waals surface area contributed by atoms with E-state index in [-0.39, 0.29) is 0 Å². The van der Waals surface area contributed by atoms with Gasteiger partial charge in [0.25, 0.3) is 0 Å². The van der Waals surface area contributed by atoms with Crippen LogP contribution in [0.2, 0.25) is 0 Å². The van der Waals surface area contributed by atoms with Gasteiger partial charge in [-0.3, -0.25) is 0 Å². The average molecular weight is 347 g/mol. The first-order valence-corrected chi connectivity index (χ1v) is 10.2. The first-order valence-electron chi connectivity index (χ1n) is 10.2. The van der Waals surface area contributed by atoms with Gasteiger partial charge in [0.2, 0.25) is 0 Å². The van der Waals surface area contributed by atoms with Gasteiger partial charge < -0.3 is 9.47 Å². The second-order valence-electron chi connectivity index (χ2n) is 6.78. The molecule has 0 fully saturated rings. The van der Waals surface area contributed by atoms with Crippen molar-refractivity contribution in [1.29, 1.82) is 0 Å². The highest BCUT2D eigenvalue weighted by atomic mass is 16.5. The zero-order chi connectivity index (χ0) is 18.2. The van der Waals surface area contributed by atoms with Crippen LogP contribution in [0.25, 0.3) is 0 Å². The van der Waals surface area contributed by atoms with Gasteiger partial charge in [-0.25, -0.2) is 0 Å². The van der Waals surface area contributed by atoms with Crippen molar-refractivity contribution in [2.24, 2.45) is 0 Å². The Labute approximate surface area is 155 Å². The van der Waals surface area contributed by atoms with Gasteiger partial charge in [-0.05, 0) is 50.2 Å². The maximum Gasteiger partial charge on any atom is 0.163 e. The van der Waals surface area contributed by atoms with Crippen molar-refractivity contribution < 1.29 is 9.47 Å². The van der Waals surface area contributed by atoms with Gasteiger partial charge in [0, 0.05) is 0 Å². The first kappa shape index (κ1) is 21.6. The van der Waals surface area contributed by atoms with Gasteiger partial charge in [-0.1, -0.05) is 69.7 Å². The Morgan fingerprint density at radius 2 is 1.40 bits per heavy atom. The predicted molar refractivity (Wildman–Crippen MR) is 109 cm³/mol. The number of hydrogen-bond acceptors (Lipinski definition) is 2. The van der Waals surface area contributed by atoms with E-state index in [0.29, 0.717) is 0 Å². The molecule has 2 heteroatoms. The maximum absolute atomic E-state index is 5.50. The molecular formula is C23H38O2. The van der Waals surface area contributed by atoms with Crippen LogP contribution in [0.4, 0.5) is 0 Å². The third kappa shape index (κ3) is 9.57. The summed E-state index contributed by atoms with van der Waals surface area (Å²) in [6, 6.07) is 6.15. The highest BCUT2D eigenvalue weighted by Crippen LogP contribution is 2.31. The molecule has 0 heterocycles. The molecule has 142 valence electrons. The molecule has 0 amide bonds. The van der Waals surface area contributed by atoms with E-state index in [4.69, 9.17) is 9.47 Å². The summed E-state index contributed by atoms with van der Waals surface area (Å²) in [4.78, 5) is 0. The molecule has 0 aliphatic carbocycles. The zero-order valence-electron chi connectivity index (χ0n) is 16.7. The van der Waals surface area contributed by atoms with E-state index >= 15 is 0 Å². The van der Waals surface area contributed by atoms with Crippen molar-refractivity contribution in [3.8, 4) is 11.5 Å². The molecule has 0 radical (unpaired) electrons. The summed E-state index contributed by atoms with van der Waals surface area (Å²) in [5, 5.41) is 0. The van der Waals surface area contributed by atoms with Crippen LogP contribution in [0.15, 0.2) is 30.4 Å². The van der Waals surface area contributed by atoms with Crippen LogP contribution in [0.3, 0.4) is 0 Å². The van der Waals surface area contributed by atoms with E-state index in [1.807, 2.05) is 12.1 Å². The minimum atomic E-state index is 0.835. The lowest BCUT2D eigenvalue weighted by Gasteiger charge is -2.12. The van der Waals surface area contributed by atoms with Crippen LogP contribution in [-0.4, -0.2) is 14.2 Å². The Morgan fingerprint density at radius 3 is 2.04 bits per heavy atom. The Bertz CT molecular complexity index is 465. The Balaban J connectivity index is 2.05. The minimum Gasteiger partial charge on any atom is -0.493 e. The number of aryl methyl sites for hydroxylation is 1. The molecule has 0 aromatic heterocycles. The second-order valence-corrected chi connectivity index (χ2v) is 6.78. The molecule has 1 rings (SSSR count). The van der Waals surface area contributed by atoms with Crippen LogP contribution in [-0.2, 0) is 6.42 Å². The van der Waals surface area contributed by atoms with Gasteiger partial charge in [-0.2, -0.15) is 0 Å². The minimum absolute atomic E-state index is 0.835.